The van der Waals surface area contributed by atoms with Crippen LogP contribution < -0.4 is 5.32 Å². The molecule has 2 aliphatic carbocycles. The first-order valence-corrected chi connectivity index (χ1v) is 16.8. The largest absolute Gasteiger partial charge is 0.381 e. The summed E-state index contributed by atoms with van der Waals surface area (Å²) in [6.45, 7) is 3.20. The Bertz CT molecular complexity index is 1450. The van der Waals surface area contributed by atoms with Gasteiger partial charge in [-0.1, -0.05) is 17.7 Å². The quantitative estimate of drug-likeness (QED) is 0.485. The van der Waals surface area contributed by atoms with Gasteiger partial charge >= 0.3 is 0 Å². The number of hydrogen-bond donors (Lipinski definition) is 1. The van der Waals surface area contributed by atoms with Crippen molar-refractivity contribution >= 4 is 32.0 Å². The monoisotopic (exact) mass is 575 g/mol. The molecule has 1 saturated heterocycles. The molecule has 212 valence electrons. The molecule has 10 nitrogen and oxygen atoms in total. The van der Waals surface area contributed by atoms with Gasteiger partial charge in [-0.3, -0.25) is 10.2 Å². The van der Waals surface area contributed by atoms with Crippen molar-refractivity contribution in [2.45, 2.75) is 67.1 Å². The number of aromatic nitrogens is 1. The minimum absolute atomic E-state index is 0.134. The number of sulfone groups is 1. The Morgan fingerprint density at radius 1 is 1.00 bits per heavy atom. The molecule has 12 heteroatoms. The number of aliphatic imine (C=N–C) groups is 1. The Labute approximate surface area is 231 Å². The Morgan fingerprint density at radius 3 is 2.33 bits per heavy atom. The van der Waals surface area contributed by atoms with Crippen molar-refractivity contribution < 1.29 is 21.6 Å². The molecule has 1 atom stereocenters. The molecule has 39 heavy (non-hydrogen) atoms. The van der Waals surface area contributed by atoms with Gasteiger partial charge in [-0.25, -0.2) is 25.8 Å². The van der Waals surface area contributed by atoms with E-state index >= 15 is 0 Å². The highest BCUT2D eigenvalue weighted by Gasteiger charge is 2.47. The molecule has 1 aromatic carbocycles. The molecule has 3 heterocycles. The fourth-order valence-electron chi connectivity index (χ4n) is 6.31. The number of ether oxygens (including phenoxy) is 1. The third-order valence-corrected chi connectivity index (χ3v) is 12.9. The molecule has 1 aromatic heterocycles. The van der Waals surface area contributed by atoms with Crippen LogP contribution in [0.15, 0.2) is 46.4 Å². The summed E-state index contributed by atoms with van der Waals surface area (Å²) in [7, 11) is -3.34. The SMILES string of the molecule is CNC1c2ccn(S(=O)(=O)c3ccc(C)cc3)c2N=CN1C1CC(CS(=O)(=O)C2CN(C3CC(OC)C3)C2)C1. The van der Waals surface area contributed by atoms with Crippen LogP contribution in [0, 0.1) is 12.8 Å². The zero-order valence-corrected chi connectivity index (χ0v) is 24.2. The van der Waals surface area contributed by atoms with E-state index in [1.807, 2.05) is 14.0 Å². The average molecular weight is 576 g/mol. The van der Waals surface area contributed by atoms with Gasteiger partial charge < -0.3 is 9.64 Å². The van der Waals surface area contributed by atoms with Crippen LogP contribution in [-0.4, -0.2) is 93.4 Å². The molecule has 0 bridgehead atoms. The van der Waals surface area contributed by atoms with Crippen molar-refractivity contribution in [2.75, 3.05) is 33.0 Å². The second kappa shape index (κ2) is 9.99. The lowest BCUT2D eigenvalue weighted by Crippen LogP contribution is -2.63. The number of aryl methyl sites for hydroxylation is 1. The van der Waals surface area contributed by atoms with Gasteiger partial charge in [-0.05, 0) is 63.8 Å². The first kappa shape index (κ1) is 26.9. The van der Waals surface area contributed by atoms with E-state index in [2.05, 4.69) is 20.1 Å². The number of hydrogen-bond acceptors (Lipinski definition) is 9. The number of rotatable bonds is 9. The Hall–Kier alpha value is -2.25. The Morgan fingerprint density at radius 2 is 1.69 bits per heavy atom. The van der Waals surface area contributed by atoms with E-state index in [9.17, 15) is 16.8 Å². The molecule has 0 spiro atoms. The summed E-state index contributed by atoms with van der Waals surface area (Å²) in [4.78, 5) is 9.16. The summed E-state index contributed by atoms with van der Waals surface area (Å²) in [5.41, 5.74) is 1.77. The minimum atomic E-state index is -3.78. The zero-order valence-electron chi connectivity index (χ0n) is 22.6. The third-order valence-electron chi connectivity index (χ3n) is 9.02. The molecule has 0 radical (unpaired) electrons. The number of nitrogens with zero attached hydrogens (tertiary/aromatic N) is 4. The van der Waals surface area contributed by atoms with Crippen LogP contribution in [0.25, 0.3) is 0 Å². The van der Waals surface area contributed by atoms with Gasteiger partial charge in [0.2, 0.25) is 0 Å². The Kier molecular flexibility index (Phi) is 6.90. The zero-order chi connectivity index (χ0) is 27.5. The topological polar surface area (TPSA) is 113 Å². The summed E-state index contributed by atoms with van der Waals surface area (Å²) in [5, 5.41) is 3.05. The molecule has 2 aliphatic heterocycles. The molecule has 6 rings (SSSR count). The lowest BCUT2D eigenvalue weighted by atomic mass is 9.80. The normalized spacial score (nSPS) is 29.4. The van der Waals surface area contributed by atoms with E-state index in [1.54, 1.807) is 50.0 Å². The molecule has 2 aromatic rings. The van der Waals surface area contributed by atoms with Crippen LogP contribution in [0.4, 0.5) is 5.82 Å². The predicted molar refractivity (Wildman–Crippen MR) is 149 cm³/mol. The van der Waals surface area contributed by atoms with Gasteiger partial charge in [0.05, 0.1) is 28.3 Å². The maximum absolute atomic E-state index is 13.3. The number of fused-ring (bicyclic) bond motifs is 1. The highest BCUT2D eigenvalue weighted by Crippen LogP contribution is 2.42. The maximum Gasteiger partial charge on any atom is 0.269 e. The van der Waals surface area contributed by atoms with E-state index in [-0.39, 0.29) is 34.0 Å². The van der Waals surface area contributed by atoms with E-state index in [4.69, 9.17) is 4.74 Å². The molecule has 2 saturated carbocycles. The fourth-order valence-corrected chi connectivity index (χ4v) is 9.66. The van der Waals surface area contributed by atoms with Crippen molar-refractivity contribution in [3.05, 3.63) is 47.7 Å². The van der Waals surface area contributed by atoms with Crippen molar-refractivity contribution in [2.24, 2.45) is 10.9 Å². The lowest BCUT2D eigenvalue weighted by Gasteiger charge is -2.50. The van der Waals surface area contributed by atoms with Gasteiger partial charge in [0.15, 0.2) is 15.7 Å². The van der Waals surface area contributed by atoms with E-state index in [0.717, 1.165) is 36.8 Å². The van der Waals surface area contributed by atoms with Gasteiger partial charge in [0.25, 0.3) is 10.0 Å². The van der Waals surface area contributed by atoms with Gasteiger partial charge in [-0.15, -0.1) is 0 Å². The number of nitrogens with one attached hydrogen (secondary N) is 1. The number of likely N-dealkylation sites (tertiary alicyclic amines) is 1. The van der Waals surface area contributed by atoms with Crippen LogP contribution in [-0.2, 0) is 24.6 Å². The standard InChI is InChI=1S/C27H37N5O5S2/c1-18-4-6-23(7-5-18)39(35,36)32-9-8-25-26(28-2)31(17-29-27(25)32)21-10-19(11-21)16-38(33,34)24-14-30(15-24)20-12-22(13-20)37-3/h4-9,17,19-22,24,26,28H,10-16H2,1-3H3. The van der Waals surface area contributed by atoms with Crippen molar-refractivity contribution in [1.29, 1.82) is 0 Å². The van der Waals surface area contributed by atoms with E-state index in [0.29, 0.717) is 31.1 Å². The van der Waals surface area contributed by atoms with Gasteiger partial charge in [0, 0.05) is 44.0 Å². The van der Waals surface area contributed by atoms with Crippen LogP contribution >= 0.6 is 0 Å². The summed E-state index contributed by atoms with van der Waals surface area (Å²) in [5.74, 6) is 0.760. The van der Waals surface area contributed by atoms with Crippen LogP contribution in [0.5, 0.6) is 0 Å². The number of methoxy groups -OCH3 is 1. The van der Waals surface area contributed by atoms with Gasteiger partial charge in [0.1, 0.15) is 6.17 Å². The molecule has 4 aliphatic rings. The summed E-state index contributed by atoms with van der Waals surface area (Å²) >= 11 is 0. The van der Waals surface area contributed by atoms with Crippen molar-refractivity contribution in [1.82, 2.24) is 19.1 Å². The molecule has 1 unspecified atom stereocenters. The first-order valence-electron chi connectivity index (χ1n) is 13.6. The second-order valence-electron chi connectivity index (χ2n) is 11.5. The maximum atomic E-state index is 13.3. The summed E-state index contributed by atoms with van der Waals surface area (Å²) < 4.78 is 59.3. The van der Waals surface area contributed by atoms with Crippen LogP contribution in [0.3, 0.4) is 0 Å². The van der Waals surface area contributed by atoms with Crippen molar-refractivity contribution in [3.8, 4) is 0 Å². The van der Waals surface area contributed by atoms with E-state index in [1.165, 1.54) is 3.97 Å². The number of benzene rings is 1. The molecule has 1 N–H and O–H groups in total. The van der Waals surface area contributed by atoms with Crippen LogP contribution in [0.2, 0.25) is 0 Å². The third kappa shape index (κ3) is 4.73. The summed E-state index contributed by atoms with van der Waals surface area (Å²) in [6, 6.07) is 9.20. The fraction of sp³-hybridized carbons (Fsp3) is 0.593. The predicted octanol–water partition coefficient (Wildman–Crippen LogP) is 2.28. The molecule has 0 amide bonds. The molecular formula is C27H37N5O5S2. The average Bonchev–Trinajstić information content (AvgIpc) is 3.26. The van der Waals surface area contributed by atoms with Gasteiger partial charge in [-0.2, -0.15) is 0 Å². The van der Waals surface area contributed by atoms with E-state index < -0.39 is 19.9 Å². The van der Waals surface area contributed by atoms with Crippen LogP contribution in [0.1, 0.15) is 43.0 Å². The first-order chi connectivity index (χ1) is 18.6. The smallest absolute Gasteiger partial charge is 0.269 e. The lowest BCUT2D eigenvalue weighted by molar-refractivity contribution is -0.0445. The highest BCUT2D eigenvalue weighted by molar-refractivity contribution is 7.92. The molecular weight excluding hydrogens is 538 g/mol. The molecule has 3 fully saturated rings. The summed E-state index contributed by atoms with van der Waals surface area (Å²) in [6.07, 6.45) is 6.89. The second-order valence-corrected chi connectivity index (χ2v) is 15.6. The Balaban J connectivity index is 1.07. The van der Waals surface area contributed by atoms with Crippen molar-refractivity contribution in [3.63, 3.8) is 0 Å². The minimum Gasteiger partial charge on any atom is -0.381 e. The highest BCUT2D eigenvalue weighted by atomic mass is 32.2.